The Morgan fingerprint density at radius 3 is 2.55 bits per heavy atom. The summed E-state index contributed by atoms with van der Waals surface area (Å²) in [6.07, 6.45) is -5.23. The minimum Gasteiger partial charge on any atom is -0.490 e. The Balaban J connectivity index is 2.34. The first-order valence-corrected chi connectivity index (χ1v) is 5.81. The highest BCUT2D eigenvalue weighted by molar-refractivity contribution is 5.96. The standard InChI is InChI=1S/C12H15F3N2O3/c13-12(14,15)5-6-19-7-8-20-10-4-2-1-3-9(10)11(18)17-16/h1-4H,5-8,16H2,(H,17,18). The fourth-order valence-electron chi connectivity index (χ4n) is 1.36. The SMILES string of the molecule is NNC(=O)c1ccccc1OCCOCCC(F)(F)F. The van der Waals surface area contributed by atoms with E-state index in [1.807, 2.05) is 5.43 Å². The molecule has 0 aliphatic carbocycles. The molecule has 5 nitrogen and oxygen atoms in total. The zero-order valence-electron chi connectivity index (χ0n) is 10.6. The number of alkyl halides is 3. The van der Waals surface area contributed by atoms with Crippen LogP contribution in [-0.4, -0.2) is 31.9 Å². The van der Waals surface area contributed by atoms with E-state index in [0.717, 1.165) is 0 Å². The molecule has 0 atom stereocenters. The fourth-order valence-corrected chi connectivity index (χ4v) is 1.36. The molecule has 1 amide bonds. The highest BCUT2D eigenvalue weighted by Crippen LogP contribution is 2.19. The molecule has 112 valence electrons. The van der Waals surface area contributed by atoms with Crippen LogP contribution in [0.1, 0.15) is 16.8 Å². The molecule has 0 aliphatic rings. The molecule has 0 bridgehead atoms. The van der Waals surface area contributed by atoms with Gasteiger partial charge in [-0.3, -0.25) is 10.2 Å². The highest BCUT2D eigenvalue weighted by Gasteiger charge is 2.26. The predicted octanol–water partition coefficient (Wildman–Crippen LogP) is 1.64. The van der Waals surface area contributed by atoms with Crippen molar-refractivity contribution >= 4 is 5.91 Å². The lowest BCUT2D eigenvalue weighted by Gasteiger charge is -2.11. The maximum atomic E-state index is 11.8. The molecule has 0 radical (unpaired) electrons. The number of hydrazine groups is 1. The Labute approximate surface area is 113 Å². The van der Waals surface area contributed by atoms with Crippen molar-refractivity contribution in [2.75, 3.05) is 19.8 Å². The summed E-state index contributed by atoms with van der Waals surface area (Å²) in [4.78, 5) is 11.4. The van der Waals surface area contributed by atoms with Crippen molar-refractivity contribution < 1.29 is 27.4 Å². The van der Waals surface area contributed by atoms with Crippen LogP contribution in [0.15, 0.2) is 24.3 Å². The number of benzene rings is 1. The van der Waals surface area contributed by atoms with E-state index in [-0.39, 0.29) is 24.5 Å². The first-order chi connectivity index (χ1) is 9.44. The highest BCUT2D eigenvalue weighted by atomic mass is 19.4. The Morgan fingerprint density at radius 2 is 1.90 bits per heavy atom. The molecule has 1 aromatic rings. The van der Waals surface area contributed by atoms with Crippen molar-refractivity contribution in [1.82, 2.24) is 5.43 Å². The van der Waals surface area contributed by atoms with E-state index < -0.39 is 25.1 Å². The summed E-state index contributed by atoms with van der Waals surface area (Å²) >= 11 is 0. The van der Waals surface area contributed by atoms with Crippen LogP contribution in [0.25, 0.3) is 0 Å². The van der Waals surface area contributed by atoms with Gasteiger partial charge in [0.05, 0.1) is 25.2 Å². The average molecular weight is 292 g/mol. The molecule has 20 heavy (non-hydrogen) atoms. The van der Waals surface area contributed by atoms with Crippen molar-refractivity contribution in [2.45, 2.75) is 12.6 Å². The van der Waals surface area contributed by atoms with Crippen molar-refractivity contribution in [3.8, 4) is 5.75 Å². The number of carbonyl (C=O) groups excluding carboxylic acids is 1. The smallest absolute Gasteiger partial charge is 0.391 e. The van der Waals surface area contributed by atoms with Gasteiger partial charge >= 0.3 is 6.18 Å². The second-order valence-electron chi connectivity index (χ2n) is 3.80. The Bertz CT molecular complexity index is 438. The van der Waals surface area contributed by atoms with Gasteiger partial charge in [-0.2, -0.15) is 13.2 Å². The van der Waals surface area contributed by atoms with Gasteiger partial charge < -0.3 is 9.47 Å². The van der Waals surface area contributed by atoms with E-state index in [0.29, 0.717) is 0 Å². The van der Waals surface area contributed by atoms with Crippen LogP contribution in [0, 0.1) is 0 Å². The Hall–Kier alpha value is -1.80. The second-order valence-corrected chi connectivity index (χ2v) is 3.80. The average Bonchev–Trinajstić information content (AvgIpc) is 2.41. The fraction of sp³-hybridized carbons (Fsp3) is 0.417. The summed E-state index contributed by atoms with van der Waals surface area (Å²) in [5, 5.41) is 0. The molecule has 0 heterocycles. The maximum Gasteiger partial charge on any atom is 0.391 e. The van der Waals surface area contributed by atoms with Crippen LogP contribution < -0.4 is 16.0 Å². The van der Waals surface area contributed by atoms with Crippen LogP contribution >= 0.6 is 0 Å². The molecule has 0 aromatic heterocycles. The van der Waals surface area contributed by atoms with E-state index >= 15 is 0 Å². The van der Waals surface area contributed by atoms with Gasteiger partial charge in [0.2, 0.25) is 0 Å². The topological polar surface area (TPSA) is 73.6 Å². The van der Waals surface area contributed by atoms with Crippen molar-refractivity contribution in [2.24, 2.45) is 5.84 Å². The molecule has 3 N–H and O–H groups in total. The lowest BCUT2D eigenvalue weighted by atomic mass is 10.2. The van der Waals surface area contributed by atoms with E-state index in [1.165, 1.54) is 6.07 Å². The molecule has 0 unspecified atom stereocenters. The number of nitrogens with one attached hydrogen (secondary N) is 1. The number of nitrogens with two attached hydrogens (primary N) is 1. The van der Waals surface area contributed by atoms with Gasteiger partial charge in [-0.05, 0) is 12.1 Å². The van der Waals surface area contributed by atoms with Crippen molar-refractivity contribution in [3.63, 3.8) is 0 Å². The first kappa shape index (κ1) is 16.3. The van der Waals surface area contributed by atoms with E-state index in [2.05, 4.69) is 0 Å². The molecule has 0 fully saturated rings. The number of hydrogen-bond acceptors (Lipinski definition) is 4. The summed E-state index contributed by atoms with van der Waals surface area (Å²) in [6, 6.07) is 6.37. The third kappa shape index (κ3) is 5.89. The van der Waals surface area contributed by atoms with E-state index in [4.69, 9.17) is 15.3 Å². The van der Waals surface area contributed by atoms with Gasteiger partial charge in [0.25, 0.3) is 5.91 Å². The van der Waals surface area contributed by atoms with Crippen molar-refractivity contribution in [3.05, 3.63) is 29.8 Å². The van der Waals surface area contributed by atoms with E-state index in [1.54, 1.807) is 18.2 Å². The van der Waals surface area contributed by atoms with Gasteiger partial charge in [-0.25, -0.2) is 5.84 Å². The van der Waals surface area contributed by atoms with Gasteiger partial charge in [0.15, 0.2) is 0 Å². The minimum absolute atomic E-state index is 0.00530. The summed E-state index contributed by atoms with van der Waals surface area (Å²) in [5.74, 6) is 4.79. The summed E-state index contributed by atoms with van der Waals surface area (Å²) in [6.45, 7) is -0.390. The molecule has 8 heteroatoms. The predicted molar refractivity (Wildman–Crippen MR) is 65.1 cm³/mol. The lowest BCUT2D eigenvalue weighted by molar-refractivity contribution is -0.145. The van der Waals surface area contributed by atoms with Crippen LogP contribution in [0.3, 0.4) is 0 Å². The summed E-state index contributed by atoms with van der Waals surface area (Å²) in [5.41, 5.74) is 2.21. The number of halogens is 3. The third-order valence-corrected chi connectivity index (χ3v) is 2.28. The van der Waals surface area contributed by atoms with Gasteiger partial charge in [0, 0.05) is 0 Å². The Morgan fingerprint density at radius 1 is 1.20 bits per heavy atom. The van der Waals surface area contributed by atoms with Crippen LogP contribution in [0.5, 0.6) is 5.75 Å². The van der Waals surface area contributed by atoms with Gasteiger partial charge in [-0.15, -0.1) is 0 Å². The number of rotatable bonds is 7. The normalized spacial score (nSPS) is 11.2. The number of carbonyl (C=O) groups is 1. The summed E-state index contributed by atoms with van der Waals surface area (Å²) in [7, 11) is 0. The first-order valence-electron chi connectivity index (χ1n) is 5.81. The molecular weight excluding hydrogens is 277 g/mol. The lowest BCUT2D eigenvalue weighted by Crippen LogP contribution is -2.30. The number of amides is 1. The number of para-hydroxylation sites is 1. The van der Waals surface area contributed by atoms with Gasteiger partial charge in [-0.1, -0.05) is 12.1 Å². The van der Waals surface area contributed by atoms with Crippen LogP contribution in [-0.2, 0) is 4.74 Å². The molecule has 1 aromatic carbocycles. The zero-order chi connectivity index (χ0) is 15.0. The van der Waals surface area contributed by atoms with Crippen LogP contribution in [0.4, 0.5) is 13.2 Å². The maximum absolute atomic E-state index is 11.8. The summed E-state index contributed by atoms with van der Waals surface area (Å²) < 4.78 is 45.6. The van der Waals surface area contributed by atoms with Crippen LogP contribution in [0.2, 0.25) is 0 Å². The third-order valence-electron chi connectivity index (χ3n) is 2.28. The van der Waals surface area contributed by atoms with E-state index in [9.17, 15) is 18.0 Å². The monoisotopic (exact) mass is 292 g/mol. The number of nitrogen functional groups attached to an aromatic ring is 1. The quantitative estimate of drug-likeness (QED) is 0.347. The number of hydrogen-bond donors (Lipinski definition) is 2. The Kier molecular flexibility index (Phi) is 6.26. The molecule has 0 spiro atoms. The largest absolute Gasteiger partial charge is 0.490 e. The molecule has 0 saturated heterocycles. The molecular formula is C12H15F3N2O3. The minimum atomic E-state index is -4.23. The zero-order valence-corrected chi connectivity index (χ0v) is 10.6. The second kappa shape index (κ2) is 7.71. The molecule has 0 saturated carbocycles. The van der Waals surface area contributed by atoms with Crippen molar-refractivity contribution in [1.29, 1.82) is 0 Å². The van der Waals surface area contributed by atoms with Gasteiger partial charge in [0.1, 0.15) is 12.4 Å². The number of ether oxygens (including phenoxy) is 2. The molecule has 1 rings (SSSR count). The molecule has 0 aliphatic heterocycles.